The van der Waals surface area contributed by atoms with Crippen LogP contribution in [-0.4, -0.2) is 28.3 Å². The number of nitrogens with one attached hydrogen (secondary N) is 1. The minimum Gasteiger partial charge on any atom is -0.402 e. The summed E-state index contributed by atoms with van der Waals surface area (Å²) in [6.07, 6.45) is 12.6. The molecule has 180 valence electrons. The molecule has 1 fully saturated rings. The summed E-state index contributed by atoms with van der Waals surface area (Å²) in [6, 6.07) is 8.27. The number of nitrogens with zero attached hydrogens (tertiary/aromatic N) is 4. The average molecular weight is 477 g/mol. The first-order valence-corrected chi connectivity index (χ1v) is 13.0. The molecular weight excluding hydrogens is 440 g/mol. The van der Waals surface area contributed by atoms with Crippen LogP contribution in [-0.2, 0) is 6.42 Å². The molecule has 3 aliphatic heterocycles. The van der Waals surface area contributed by atoms with Crippen LogP contribution >= 0.6 is 11.9 Å². The Labute approximate surface area is 208 Å². The predicted molar refractivity (Wildman–Crippen MR) is 144 cm³/mol. The summed E-state index contributed by atoms with van der Waals surface area (Å²) in [5.41, 5.74) is 9.47. The number of hydrogen-bond donors (Lipinski definition) is 2. The zero-order valence-electron chi connectivity index (χ0n) is 20.6. The number of aryl methyl sites for hydroxylation is 1. The largest absolute Gasteiger partial charge is 0.402 e. The molecule has 0 amide bonds. The SMILES string of the molecule is C=C1NSc2ccc(nc2)CCCCCC2CN(c3nc(N=C/C=C(/C)N)ccc31)C(C)(C)C2. The molecule has 3 N–H and O–H groups in total. The first-order chi connectivity index (χ1) is 16.3. The fourth-order valence-electron chi connectivity index (χ4n) is 4.85. The molecule has 1 saturated heterocycles. The Morgan fingerprint density at radius 1 is 1.26 bits per heavy atom. The Kier molecular flexibility index (Phi) is 7.61. The molecule has 0 aliphatic carbocycles. The van der Waals surface area contributed by atoms with E-state index in [0.717, 1.165) is 41.4 Å². The number of nitrogens with two attached hydrogens (primary N) is 1. The van der Waals surface area contributed by atoms with Gasteiger partial charge < -0.3 is 15.4 Å². The molecule has 2 aromatic rings. The Balaban J connectivity index is 1.69. The Hall–Kier alpha value is -2.80. The van der Waals surface area contributed by atoms with Crippen LogP contribution in [0.25, 0.3) is 5.70 Å². The van der Waals surface area contributed by atoms with E-state index in [1.807, 2.05) is 19.2 Å². The smallest absolute Gasteiger partial charge is 0.154 e. The Bertz CT molecular complexity index is 1070. The molecule has 5 rings (SSSR count). The monoisotopic (exact) mass is 476 g/mol. The second-order valence-corrected chi connectivity index (χ2v) is 10.9. The molecule has 0 radical (unpaired) electrons. The van der Waals surface area contributed by atoms with E-state index in [1.54, 1.807) is 12.3 Å². The number of allylic oxidation sites excluding steroid dienone is 2. The van der Waals surface area contributed by atoms with Crippen molar-refractivity contribution in [3.05, 3.63) is 60.1 Å². The quantitative estimate of drug-likeness (QED) is 0.407. The van der Waals surface area contributed by atoms with Crippen LogP contribution in [0.15, 0.2) is 58.7 Å². The number of anilines is 1. The van der Waals surface area contributed by atoms with Gasteiger partial charge in [0.15, 0.2) is 5.82 Å². The third-order valence-corrected chi connectivity index (χ3v) is 7.41. The van der Waals surface area contributed by atoms with Gasteiger partial charge in [0.05, 0.1) is 0 Å². The molecule has 0 spiro atoms. The molecule has 1 atom stereocenters. The van der Waals surface area contributed by atoms with E-state index in [4.69, 9.17) is 10.7 Å². The lowest BCUT2D eigenvalue weighted by Crippen LogP contribution is -2.39. The van der Waals surface area contributed by atoms with Crippen molar-refractivity contribution >= 4 is 35.5 Å². The van der Waals surface area contributed by atoms with Crippen molar-refractivity contribution in [2.24, 2.45) is 16.6 Å². The maximum Gasteiger partial charge on any atom is 0.154 e. The van der Waals surface area contributed by atoms with Crippen molar-refractivity contribution < 1.29 is 0 Å². The molecule has 1 unspecified atom stereocenters. The fraction of sp³-hybridized carbons (Fsp3) is 0.444. The number of hydrogen-bond acceptors (Lipinski definition) is 7. The highest BCUT2D eigenvalue weighted by atomic mass is 32.2. The molecule has 0 aromatic carbocycles. The van der Waals surface area contributed by atoms with Gasteiger partial charge in [-0.1, -0.05) is 19.4 Å². The zero-order valence-corrected chi connectivity index (χ0v) is 21.4. The minimum absolute atomic E-state index is 0.0143. The number of fused-ring (bicyclic) bond motifs is 8. The highest BCUT2D eigenvalue weighted by molar-refractivity contribution is 7.97. The standard InChI is InChI=1S/C27H36N6S/c1-19(28)14-15-29-25-13-12-24-20(2)32-34-23-11-10-22(30-17-23)9-7-5-6-8-21-16-27(3,4)33(18-21)26(24)31-25/h10-15,17,21,32H,2,5-9,16,18,28H2,1,3-4H3/b19-14-,29-15?. The third kappa shape index (κ3) is 6.00. The van der Waals surface area contributed by atoms with Crippen LogP contribution < -0.4 is 15.4 Å². The summed E-state index contributed by atoms with van der Waals surface area (Å²) in [7, 11) is 0. The Morgan fingerprint density at radius 2 is 2.12 bits per heavy atom. The highest BCUT2D eigenvalue weighted by Crippen LogP contribution is 2.41. The molecule has 7 heteroatoms. The van der Waals surface area contributed by atoms with Gasteiger partial charge in [0, 0.05) is 52.0 Å². The van der Waals surface area contributed by atoms with Gasteiger partial charge in [0.25, 0.3) is 0 Å². The van der Waals surface area contributed by atoms with Gasteiger partial charge in [0.2, 0.25) is 0 Å². The second-order valence-electron chi connectivity index (χ2n) is 9.99. The van der Waals surface area contributed by atoms with E-state index >= 15 is 0 Å². The number of pyridine rings is 2. The summed E-state index contributed by atoms with van der Waals surface area (Å²) in [5, 5.41) is 0. The Morgan fingerprint density at radius 3 is 2.88 bits per heavy atom. The van der Waals surface area contributed by atoms with E-state index in [9.17, 15) is 0 Å². The van der Waals surface area contributed by atoms with E-state index in [1.165, 1.54) is 43.3 Å². The lowest BCUT2D eigenvalue weighted by atomic mass is 9.92. The molecule has 34 heavy (non-hydrogen) atoms. The minimum atomic E-state index is 0.0143. The van der Waals surface area contributed by atoms with Crippen LogP contribution in [0.1, 0.15) is 64.1 Å². The van der Waals surface area contributed by atoms with Gasteiger partial charge in [-0.25, -0.2) is 9.98 Å². The summed E-state index contributed by atoms with van der Waals surface area (Å²) < 4.78 is 3.42. The lowest BCUT2D eigenvalue weighted by molar-refractivity contribution is 0.437. The van der Waals surface area contributed by atoms with Crippen LogP contribution in [0.2, 0.25) is 0 Å². The summed E-state index contributed by atoms with van der Waals surface area (Å²) >= 11 is 1.53. The van der Waals surface area contributed by atoms with Crippen LogP contribution in [0.3, 0.4) is 0 Å². The zero-order chi connectivity index (χ0) is 24.1. The molecule has 5 heterocycles. The number of rotatable bonds is 2. The van der Waals surface area contributed by atoms with Gasteiger partial charge in [0.1, 0.15) is 5.82 Å². The van der Waals surface area contributed by atoms with Crippen molar-refractivity contribution in [1.82, 2.24) is 14.7 Å². The van der Waals surface area contributed by atoms with E-state index < -0.39 is 0 Å². The molecule has 6 nitrogen and oxygen atoms in total. The first kappa shape index (κ1) is 24.3. The predicted octanol–water partition coefficient (Wildman–Crippen LogP) is 6.03. The van der Waals surface area contributed by atoms with Crippen LogP contribution in [0.4, 0.5) is 11.6 Å². The van der Waals surface area contributed by atoms with E-state index in [0.29, 0.717) is 17.4 Å². The van der Waals surface area contributed by atoms with E-state index in [-0.39, 0.29) is 5.54 Å². The average Bonchev–Trinajstić information content (AvgIpc) is 3.11. The number of aliphatic imine (C=N–C) groups is 1. The van der Waals surface area contributed by atoms with Crippen molar-refractivity contribution in [1.29, 1.82) is 0 Å². The maximum atomic E-state index is 5.75. The molecule has 3 aliphatic rings. The van der Waals surface area contributed by atoms with Gasteiger partial charge in [-0.05, 0) is 94.7 Å². The summed E-state index contributed by atoms with van der Waals surface area (Å²) in [4.78, 5) is 17.7. The second kappa shape index (κ2) is 10.6. The fourth-order valence-corrected chi connectivity index (χ4v) is 5.44. The molecule has 4 bridgehead atoms. The van der Waals surface area contributed by atoms with Crippen molar-refractivity contribution in [3.63, 3.8) is 0 Å². The normalized spacial score (nSPS) is 21.4. The van der Waals surface area contributed by atoms with Crippen molar-refractivity contribution in [2.45, 2.75) is 69.7 Å². The van der Waals surface area contributed by atoms with Crippen LogP contribution in [0, 0.1) is 5.92 Å². The van der Waals surface area contributed by atoms with Crippen molar-refractivity contribution in [2.75, 3.05) is 11.4 Å². The lowest BCUT2D eigenvalue weighted by Gasteiger charge is -2.34. The van der Waals surface area contributed by atoms with Crippen molar-refractivity contribution in [3.8, 4) is 0 Å². The highest BCUT2D eigenvalue weighted by Gasteiger charge is 2.40. The molecule has 0 saturated carbocycles. The third-order valence-electron chi connectivity index (χ3n) is 6.58. The molecular formula is C27H36N6S. The van der Waals surface area contributed by atoms with Gasteiger partial charge in [-0.15, -0.1) is 0 Å². The maximum absolute atomic E-state index is 5.75. The van der Waals surface area contributed by atoms with Crippen LogP contribution in [0.5, 0.6) is 0 Å². The van der Waals surface area contributed by atoms with Gasteiger partial charge in [-0.2, -0.15) is 0 Å². The van der Waals surface area contributed by atoms with Gasteiger partial charge >= 0.3 is 0 Å². The first-order valence-electron chi connectivity index (χ1n) is 12.1. The summed E-state index contributed by atoms with van der Waals surface area (Å²) in [6.45, 7) is 11.8. The van der Waals surface area contributed by atoms with Gasteiger partial charge in [-0.3, -0.25) is 4.98 Å². The molecule has 2 aromatic heterocycles. The number of aromatic nitrogens is 2. The van der Waals surface area contributed by atoms with E-state index in [2.05, 4.69) is 58.2 Å². The summed E-state index contributed by atoms with van der Waals surface area (Å²) in [5.74, 6) is 2.26. The topological polar surface area (TPSA) is 79.4 Å².